The van der Waals surface area contributed by atoms with Crippen molar-refractivity contribution in [2.75, 3.05) is 19.7 Å². The van der Waals surface area contributed by atoms with Crippen LogP contribution in [0.1, 0.15) is 66.6 Å². The fraction of sp³-hybridized carbons (Fsp3) is 0.424. The molecule has 2 fully saturated rings. The zero-order valence-electron chi connectivity index (χ0n) is 24.1. The van der Waals surface area contributed by atoms with Crippen LogP contribution < -0.4 is 9.47 Å². The van der Waals surface area contributed by atoms with Crippen LogP contribution in [0.3, 0.4) is 0 Å². The van der Waals surface area contributed by atoms with E-state index in [1.165, 1.54) is 12.1 Å². The predicted molar refractivity (Wildman–Crippen MR) is 164 cm³/mol. The molecule has 0 bridgehead atoms. The summed E-state index contributed by atoms with van der Waals surface area (Å²) in [5.41, 5.74) is 2.40. The van der Waals surface area contributed by atoms with Gasteiger partial charge in [-0.2, -0.15) is 8.78 Å². The summed E-state index contributed by atoms with van der Waals surface area (Å²) in [5, 5.41) is 10.4. The van der Waals surface area contributed by atoms with E-state index < -0.39 is 18.7 Å². The molecule has 1 saturated heterocycles. The number of carbonyl (C=O) groups excluding carboxylic acids is 1. The smallest absolute Gasteiger partial charge is 0.387 e. The minimum absolute atomic E-state index is 0.0930. The second-order valence-corrected chi connectivity index (χ2v) is 11.6. The van der Waals surface area contributed by atoms with Gasteiger partial charge in [-0.05, 0) is 79.5 Å². The fourth-order valence-electron chi connectivity index (χ4n) is 4.82. The van der Waals surface area contributed by atoms with Crippen LogP contribution >= 0.6 is 23.2 Å². The third-order valence-corrected chi connectivity index (χ3v) is 8.36. The Morgan fingerprint density at radius 1 is 1.09 bits per heavy atom. The van der Waals surface area contributed by atoms with E-state index in [4.69, 9.17) is 37.4 Å². The van der Waals surface area contributed by atoms with Crippen molar-refractivity contribution >= 4 is 29.2 Å². The molecule has 0 amide bonds. The van der Waals surface area contributed by atoms with Crippen molar-refractivity contribution in [1.29, 1.82) is 0 Å². The Labute approximate surface area is 261 Å². The molecule has 1 saturated carbocycles. The number of carbonyl (C=O) groups is 1. The maximum absolute atomic E-state index is 13.4. The molecule has 6 nitrogen and oxygen atoms in total. The number of rotatable bonds is 14. The zero-order chi connectivity index (χ0) is 30.9. The molecule has 0 spiro atoms. The monoisotopic (exact) mass is 635 g/mol. The van der Waals surface area contributed by atoms with E-state index in [1.807, 2.05) is 12.1 Å². The average molecular weight is 637 g/mol. The van der Waals surface area contributed by atoms with Gasteiger partial charge in [0.05, 0.1) is 18.3 Å². The number of ether oxygens (including phenoxy) is 3. The lowest BCUT2D eigenvalue weighted by atomic mass is 9.99. The number of benzene rings is 2. The first-order valence-electron chi connectivity index (χ1n) is 14.4. The van der Waals surface area contributed by atoms with Gasteiger partial charge in [-0.3, -0.25) is 4.90 Å². The van der Waals surface area contributed by atoms with Gasteiger partial charge in [-0.1, -0.05) is 60.1 Å². The van der Waals surface area contributed by atoms with E-state index in [2.05, 4.69) is 11.5 Å². The molecule has 10 heteroatoms. The quantitative estimate of drug-likeness (QED) is 0.167. The lowest BCUT2D eigenvalue weighted by molar-refractivity contribution is -0.0515. The van der Waals surface area contributed by atoms with Gasteiger partial charge in [0.25, 0.3) is 0 Å². The Kier molecular flexibility index (Phi) is 12.1. The van der Waals surface area contributed by atoms with Crippen LogP contribution in [-0.4, -0.2) is 48.4 Å². The number of hydrogen-bond donors (Lipinski definition) is 1. The first-order chi connectivity index (χ1) is 20.7. The molecule has 0 radical (unpaired) electrons. The molecule has 2 aromatic carbocycles. The van der Waals surface area contributed by atoms with Gasteiger partial charge in [0.15, 0.2) is 11.5 Å². The number of nitrogens with zero attached hydrogens (tertiary/aromatic N) is 1. The number of aliphatic hydroxyl groups excluding tert-OH is 1. The van der Waals surface area contributed by atoms with Crippen molar-refractivity contribution in [1.82, 2.24) is 4.90 Å². The number of piperidine rings is 1. The summed E-state index contributed by atoms with van der Waals surface area (Å²) in [6.45, 7) is 5.19. The lowest BCUT2D eigenvalue weighted by Gasteiger charge is -2.29. The Hall–Kier alpha value is -2.91. The van der Waals surface area contributed by atoms with Crippen LogP contribution in [-0.2, 0) is 11.3 Å². The van der Waals surface area contributed by atoms with E-state index in [-0.39, 0.29) is 24.0 Å². The van der Waals surface area contributed by atoms with Crippen LogP contribution in [0.25, 0.3) is 0 Å². The second kappa shape index (κ2) is 15.7. The van der Waals surface area contributed by atoms with Gasteiger partial charge in [-0.15, -0.1) is 0 Å². The number of halogens is 4. The Balaban J connectivity index is 1.59. The van der Waals surface area contributed by atoms with Gasteiger partial charge in [0, 0.05) is 36.1 Å². The van der Waals surface area contributed by atoms with Crippen LogP contribution in [0.5, 0.6) is 11.5 Å². The molecule has 1 atom stereocenters. The molecule has 1 aliphatic heterocycles. The summed E-state index contributed by atoms with van der Waals surface area (Å²) in [6, 6.07) is 11.7. The van der Waals surface area contributed by atoms with E-state index in [9.17, 15) is 18.7 Å². The number of aliphatic hydroxyl groups is 1. The first kappa shape index (κ1) is 33.0. The minimum atomic E-state index is -3.03. The first-order valence-corrected chi connectivity index (χ1v) is 15.2. The Morgan fingerprint density at radius 2 is 1.79 bits per heavy atom. The topological polar surface area (TPSA) is 68.2 Å². The highest BCUT2D eigenvalue weighted by atomic mass is 35.5. The Bertz CT molecular complexity index is 1320. The van der Waals surface area contributed by atoms with Crippen molar-refractivity contribution in [3.8, 4) is 11.5 Å². The standard InChI is InChI=1S/C33H37Cl2F2NO5/c1-3-27(34)26(28(35)4-2)18-30(24-11-12-29(43-33(36)37)31(17-24)41-20-22-5-6-22)42-32(40)23-9-7-21(8-10-23)19-38-15-13-25(39)14-16-38/h3-4,7-12,17,22,25,30,33,39H,1,5-6,13-16,18-20H2,2H3/b27-26+,28-4+/t30-/m0/s1. The summed E-state index contributed by atoms with van der Waals surface area (Å²) < 4.78 is 42.8. The predicted octanol–water partition coefficient (Wildman–Crippen LogP) is 8.14. The van der Waals surface area contributed by atoms with Gasteiger partial charge in [-0.25, -0.2) is 4.79 Å². The molecule has 2 aliphatic rings. The molecular weight excluding hydrogens is 599 g/mol. The van der Waals surface area contributed by atoms with Gasteiger partial charge < -0.3 is 19.3 Å². The van der Waals surface area contributed by atoms with Crippen LogP contribution in [0.4, 0.5) is 8.78 Å². The fourth-order valence-corrected chi connectivity index (χ4v) is 5.23. The van der Waals surface area contributed by atoms with Gasteiger partial charge in [0.1, 0.15) is 6.10 Å². The molecule has 1 heterocycles. The highest BCUT2D eigenvalue weighted by molar-refractivity contribution is 6.36. The summed E-state index contributed by atoms with van der Waals surface area (Å²) in [5.74, 6) is -0.167. The molecular formula is C33H37Cl2F2NO5. The molecule has 1 aliphatic carbocycles. The molecule has 232 valence electrons. The van der Waals surface area contributed by atoms with Crippen molar-refractivity contribution in [2.24, 2.45) is 5.92 Å². The normalized spacial score (nSPS) is 17.8. The van der Waals surface area contributed by atoms with Crippen LogP contribution in [0.15, 0.2) is 76.8 Å². The molecule has 43 heavy (non-hydrogen) atoms. The Morgan fingerprint density at radius 3 is 2.40 bits per heavy atom. The van der Waals surface area contributed by atoms with Crippen molar-refractivity contribution in [2.45, 2.75) is 64.4 Å². The maximum atomic E-state index is 13.4. The van der Waals surface area contributed by atoms with E-state index in [0.29, 0.717) is 39.3 Å². The summed E-state index contributed by atoms with van der Waals surface area (Å²) in [6.07, 6.45) is 5.61. The highest BCUT2D eigenvalue weighted by Crippen LogP contribution is 2.39. The maximum Gasteiger partial charge on any atom is 0.387 e. The third-order valence-electron chi connectivity index (χ3n) is 7.53. The van der Waals surface area contributed by atoms with E-state index in [0.717, 1.165) is 50.9 Å². The van der Waals surface area contributed by atoms with E-state index >= 15 is 0 Å². The van der Waals surface area contributed by atoms with Gasteiger partial charge in [0.2, 0.25) is 0 Å². The highest BCUT2D eigenvalue weighted by Gasteiger charge is 2.26. The number of allylic oxidation sites excluding steroid dienone is 4. The molecule has 0 unspecified atom stereocenters. The molecule has 4 rings (SSSR count). The summed E-state index contributed by atoms with van der Waals surface area (Å²) >= 11 is 12.9. The van der Waals surface area contributed by atoms with Crippen LogP contribution in [0.2, 0.25) is 0 Å². The second-order valence-electron chi connectivity index (χ2n) is 10.8. The third kappa shape index (κ3) is 9.80. The minimum Gasteiger partial charge on any atom is -0.489 e. The number of hydrogen-bond acceptors (Lipinski definition) is 6. The van der Waals surface area contributed by atoms with Crippen molar-refractivity contribution < 1.29 is 32.9 Å². The zero-order valence-corrected chi connectivity index (χ0v) is 25.6. The average Bonchev–Trinajstić information content (AvgIpc) is 3.84. The lowest BCUT2D eigenvalue weighted by Crippen LogP contribution is -2.35. The van der Waals surface area contributed by atoms with Crippen molar-refractivity contribution in [3.63, 3.8) is 0 Å². The van der Waals surface area contributed by atoms with Gasteiger partial charge >= 0.3 is 12.6 Å². The van der Waals surface area contributed by atoms with Crippen molar-refractivity contribution in [3.05, 3.63) is 93.5 Å². The molecule has 0 aromatic heterocycles. The largest absolute Gasteiger partial charge is 0.489 e. The van der Waals surface area contributed by atoms with E-state index in [1.54, 1.807) is 37.3 Å². The molecule has 1 N–H and O–H groups in total. The SMILES string of the molecule is C=C/C(Cl)=C(C[C@H](OC(=O)c1ccc(CN2CCC(O)CC2)cc1)c1ccc(OC(F)F)c(OCC2CC2)c1)\C(Cl)=C/C. The molecule has 2 aromatic rings. The number of likely N-dealkylation sites (tertiary alicyclic amines) is 1. The summed E-state index contributed by atoms with van der Waals surface area (Å²) in [7, 11) is 0. The number of esters is 1. The summed E-state index contributed by atoms with van der Waals surface area (Å²) in [4.78, 5) is 15.7. The van der Waals surface area contributed by atoms with Crippen LogP contribution in [0, 0.1) is 5.92 Å². The number of alkyl halides is 2.